The summed E-state index contributed by atoms with van der Waals surface area (Å²) >= 11 is 1.48. The Hall–Kier alpha value is -1.55. The van der Waals surface area contributed by atoms with Gasteiger partial charge in [0.1, 0.15) is 10.8 Å². The molecule has 1 aromatic heterocycles. The zero-order valence-electron chi connectivity index (χ0n) is 10.9. The van der Waals surface area contributed by atoms with Gasteiger partial charge in [0.25, 0.3) is 0 Å². The molecule has 96 valence electrons. The van der Waals surface area contributed by atoms with E-state index in [0.29, 0.717) is 5.82 Å². The Balaban J connectivity index is 2.33. The van der Waals surface area contributed by atoms with Gasteiger partial charge in [0.2, 0.25) is 0 Å². The maximum atomic E-state index is 6.01. The monoisotopic (exact) mass is 261 g/mol. The van der Waals surface area contributed by atoms with Gasteiger partial charge in [0.05, 0.1) is 5.56 Å². The fraction of sp³-hybridized carbons (Fsp3) is 0.357. The highest BCUT2D eigenvalue weighted by molar-refractivity contribution is 7.11. The minimum absolute atomic E-state index is 0.629. The number of unbranched alkanes of at least 4 members (excludes halogenated alkanes) is 1. The Morgan fingerprint density at radius 3 is 2.67 bits per heavy atom. The van der Waals surface area contributed by atoms with E-state index in [2.05, 4.69) is 35.4 Å². The standard InChI is InChI=1S/C14H19N3S/c1-3-4-10-17(2)14-12(13(15)16-18-14)11-8-6-5-7-9-11/h5-9H,3-4,10H2,1-2H3,(H2,15,16). The summed E-state index contributed by atoms with van der Waals surface area (Å²) in [6, 6.07) is 10.2. The van der Waals surface area contributed by atoms with E-state index in [1.54, 1.807) is 0 Å². The van der Waals surface area contributed by atoms with Gasteiger partial charge in [0.15, 0.2) is 0 Å². The van der Waals surface area contributed by atoms with E-state index in [9.17, 15) is 0 Å². The first kappa shape index (κ1) is 12.9. The molecule has 0 radical (unpaired) electrons. The highest BCUT2D eigenvalue weighted by Gasteiger charge is 2.16. The highest BCUT2D eigenvalue weighted by atomic mass is 32.1. The van der Waals surface area contributed by atoms with E-state index in [1.807, 2.05) is 18.2 Å². The summed E-state index contributed by atoms with van der Waals surface area (Å²) in [5.74, 6) is 0.629. The number of nitrogen functional groups attached to an aromatic ring is 1. The fourth-order valence-electron chi connectivity index (χ4n) is 1.93. The molecule has 2 aromatic rings. The predicted molar refractivity (Wildman–Crippen MR) is 80.1 cm³/mol. The normalized spacial score (nSPS) is 10.6. The smallest absolute Gasteiger partial charge is 0.147 e. The lowest BCUT2D eigenvalue weighted by Gasteiger charge is -2.18. The van der Waals surface area contributed by atoms with Gasteiger partial charge in [-0.05, 0) is 23.5 Å². The summed E-state index contributed by atoms with van der Waals surface area (Å²) < 4.78 is 4.30. The molecule has 1 heterocycles. The second-order valence-corrected chi connectivity index (χ2v) is 5.14. The molecule has 0 bridgehead atoms. The van der Waals surface area contributed by atoms with Crippen molar-refractivity contribution in [2.75, 3.05) is 24.2 Å². The summed E-state index contributed by atoms with van der Waals surface area (Å²) in [5, 5.41) is 1.16. The van der Waals surface area contributed by atoms with Crippen molar-refractivity contribution in [3.8, 4) is 11.1 Å². The molecule has 0 amide bonds. The van der Waals surface area contributed by atoms with Crippen molar-refractivity contribution >= 4 is 22.4 Å². The minimum atomic E-state index is 0.629. The molecule has 0 aliphatic rings. The van der Waals surface area contributed by atoms with Crippen molar-refractivity contribution < 1.29 is 0 Å². The van der Waals surface area contributed by atoms with Gasteiger partial charge >= 0.3 is 0 Å². The van der Waals surface area contributed by atoms with Crippen molar-refractivity contribution in [2.45, 2.75) is 19.8 Å². The molecule has 18 heavy (non-hydrogen) atoms. The molecule has 1 aromatic carbocycles. The SMILES string of the molecule is CCCCN(C)c1snc(N)c1-c1ccccc1. The number of nitrogens with two attached hydrogens (primary N) is 1. The van der Waals surface area contributed by atoms with Crippen LogP contribution in [0.2, 0.25) is 0 Å². The molecule has 0 aliphatic carbocycles. The minimum Gasteiger partial charge on any atom is -0.382 e. The summed E-state index contributed by atoms with van der Waals surface area (Å²) in [4.78, 5) is 2.25. The average molecular weight is 261 g/mol. The molecule has 2 N–H and O–H groups in total. The van der Waals surface area contributed by atoms with Gasteiger partial charge in [-0.3, -0.25) is 0 Å². The van der Waals surface area contributed by atoms with Crippen LogP contribution in [-0.2, 0) is 0 Å². The number of nitrogens with zero attached hydrogens (tertiary/aromatic N) is 2. The van der Waals surface area contributed by atoms with E-state index < -0.39 is 0 Å². The van der Waals surface area contributed by atoms with E-state index in [0.717, 1.165) is 22.7 Å². The number of aromatic nitrogens is 1. The van der Waals surface area contributed by atoms with Crippen molar-refractivity contribution in [1.29, 1.82) is 0 Å². The first-order valence-electron chi connectivity index (χ1n) is 6.25. The van der Waals surface area contributed by atoms with E-state index >= 15 is 0 Å². The van der Waals surface area contributed by atoms with Gasteiger partial charge in [0, 0.05) is 13.6 Å². The number of hydrogen-bond acceptors (Lipinski definition) is 4. The molecule has 0 saturated heterocycles. The molecule has 4 heteroatoms. The third kappa shape index (κ3) is 2.64. The highest BCUT2D eigenvalue weighted by Crippen LogP contribution is 2.38. The van der Waals surface area contributed by atoms with Crippen LogP contribution >= 0.6 is 11.5 Å². The Kier molecular flexibility index (Phi) is 4.20. The second-order valence-electron chi connectivity index (χ2n) is 4.39. The zero-order chi connectivity index (χ0) is 13.0. The van der Waals surface area contributed by atoms with E-state index in [-0.39, 0.29) is 0 Å². The third-order valence-corrected chi connectivity index (χ3v) is 3.93. The summed E-state index contributed by atoms with van der Waals surface area (Å²) in [5.41, 5.74) is 8.22. The molecular weight excluding hydrogens is 242 g/mol. The van der Waals surface area contributed by atoms with Crippen molar-refractivity contribution in [1.82, 2.24) is 4.37 Å². The quantitative estimate of drug-likeness (QED) is 0.893. The van der Waals surface area contributed by atoms with Crippen LogP contribution in [0, 0.1) is 0 Å². The molecule has 3 nitrogen and oxygen atoms in total. The number of anilines is 2. The van der Waals surface area contributed by atoms with Crippen LogP contribution in [0.4, 0.5) is 10.8 Å². The summed E-state index contributed by atoms with van der Waals surface area (Å²) in [6.45, 7) is 3.24. The third-order valence-electron chi connectivity index (χ3n) is 2.96. The number of benzene rings is 1. The summed E-state index contributed by atoms with van der Waals surface area (Å²) in [7, 11) is 2.11. The van der Waals surface area contributed by atoms with Crippen molar-refractivity contribution in [2.24, 2.45) is 0 Å². The van der Waals surface area contributed by atoms with Gasteiger partial charge in [-0.2, -0.15) is 4.37 Å². The van der Waals surface area contributed by atoms with Crippen LogP contribution in [0.1, 0.15) is 19.8 Å². The molecule has 0 spiro atoms. The van der Waals surface area contributed by atoms with Crippen LogP contribution < -0.4 is 10.6 Å². The van der Waals surface area contributed by atoms with Crippen LogP contribution in [0.15, 0.2) is 30.3 Å². The second kappa shape index (κ2) is 5.87. The molecular formula is C14H19N3S. The lowest BCUT2D eigenvalue weighted by Crippen LogP contribution is -2.17. The van der Waals surface area contributed by atoms with Crippen LogP contribution in [0.5, 0.6) is 0 Å². The van der Waals surface area contributed by atoms with Crippen LogP contribution in [-0.4, -0.2) is 18.0 Å². The Morgan fingerprint density at radius 1 is 1.28 bits per heavy atom. The largest absolute Gasteiger partial charge is 0.382 e. The lowest BCUT2D eigenvalue weighted by atomic mass is 10.1. The van der Waals surface area contributed by atoms with E-state index in [4.69, 9.17) is 5.73 Å². The fourth-order valence-corrected chi connectivity index (χ4v) is 2.75. The molecule has 2 rings (SSSR count). The van der Waals surface area contributed by atoms with Gasteiger partial charge in [-0.25, -0.2) is 0 Å². The summed E-state index contributed by atoms with van der Waals surface area (Å²) in [6.07, 6.45) is 2.38. The van der Waals surface area contributed by atoms with Crippen molar-refractivity contribution in [3.63, 3.8) is 0 Å². The van der Waals surface area contributed by atoms with E-state index in [1.165, 1.54) is 24.4 Å². The first-order chi connectivity index (χ1) is 8.74. The maximum absolute atomic E-state index is 6.01. The van der Waals surface area contributed by atoms with Crippen LogP contribution in [0.25, 0.3) is 11.1 Å². The first-order valence-corrected chi connectivity index (χ1v) is 7.03. The molecule has 0 fully saturated rings. The Morgan fingerprint density at radius 2 is 2.00 bits per heavy atom. The molecule has 0 aliphatic heterocycles. The van der Waals surface area contributed by atoms with Crippen molar-refractivity contribution in [3.05, 3.63) is 30.3 Å². The Labute approximate surface area is 112 Å². The average Bonchev–Trinajstić information content (AvgIpc) is 2.79. The maximum Gasteiger partial charge on any atom is 0.147 e. The topological polar surface area (TPSA) is 42.2 Å². The van der Waals surface area contributed by atoms with Gasteiger partial charge < -0.3 is 10.6 Å². The molecule has 0 atom stereocenters. The van der Waals surface area contributed by atoms with Crippen LogP contribution in [0.3, 0.4) is 0 Å². The zero-order valence-corrected chi connectivity index (χ0v) is 11.7. The Bertz CT molecular complexity index is 493. The van der Waals surface area contributed by atoms with Gasteiger partial charge in [-0.1, -0.05) is 43.7 Å². The number of rotatable bonds is 5. The van der Waals surface area contributed by atoms with Gasteiger partial charge in [-0.15, -0.1) is 0 Å². The predicted octanol–water partition coefficient (Wildman–Crippen LogP) is 3.63. The lowest BCUT2D eigenvalue weighted by molar-refractivity contribution is 0.771. The molecule has 0 unspecified atom stereocenters. The number of hydrogen-bond donors (Lipinski definition) is 1. The molecule has 0 saturated carbocycles.